The Hall–Kier alpha value is -3.09. The first-order chi connectivity index (χ1) is 12.0. The van der Waals surface area contributed by atoms with Gasteiger partial charge in [0.05, 0.1) is 5.69 Å². The zero-order valence-electron chi connectivity index (χ0n) is 12.8. The van der Waals surface area contributed by atoms with Gasteiger partial charge in [-0.15, -0.1) is 0 Å². The third-order valence-corrected chi connectivity index (χ3v) is 4.22. The van der Waals surface area contributed by atoms with Gasteiger partial charge in [0, 0.05) is 24.1 Å². The normalized spacial score (nSPS) is 16.4. The van der Waals surface area contributed by atoms with Crippen LogP contribution in [-0.4, -0.2) is 15.5 Å². The van der Waals surface area contributed by atoms with E-state index in [1.807, 2.05) is 0 Å². The van der Waals surface area contributed by atoms with Gasteiger partial charge < -0.3 is 5.32 Å². The van der Waals surface area contributed by atoms with Crippen LogP contribution in [0, 0.1) is 17.5 Å². The van der Waals surface area contributed by atoms with Gasteiger partial charge in [-0.05, 0) is 35.9 Å². The Balaban J connectivity index is 1.82. The second-order valence-electron chi connectivity index (χ2n) is 5.80. The van der Waals surface area contributed by atoms with E-state index in [1.54, 1.807) is 16.7 Å². The Morgan fingerprint density at radius 3 is 2.48 bits per heavy atom. The number of imidazole rings is 1. The average molecular weight is 343 g/mol. The van der Waals surface area contributed by atoms with E-state index in [4.69, 9.17) is 0 Å². The van der Waals surface area contributed by atoms with Gasteiger partial charge in [0.25, 0.3) is 0 Å². The zero-order chi connectivity index (χ0) is 17.6. The number of anilines is 1. The van der Waals surface area contributed by atoms with Crippen LogP contribution in [0.4, 0.5) is 19.0 Å². The molecule has 0 unspecified atom stereocenters. The molecule has 0 bridgehead atoms. The minimum atomic E-state index is -0.720. The average Bonchev–Trinajstić information content (AvgIpc) is 2.99. The molecule has 1 amide bonds. The number of fused-ring (bicyclic) bond motifs is 1. The lowest BCUT2D eigenvalue weighted by atomic mass is 9.89. The fourth-order valence-corrected chi connectivity index (χ4v) is 3.05. The zero-order valence-corrected chi connectivity index (χ0v) is 12.8. The summed E-state index contributed by atoms with van der Waals surface area (Å²) >= 11 is 0. The van der Waals surface area contributed by atoms with Crippen LogP contribution in [0.1, 0.15) is 23.6 Å². The highest BCUT2D eigenvalue weighted by Crippen LogP contribution is 2.38. The predicted molar refractivity (Wildman–Crippen MR) is 85.0 cm³/mol. The van der Waals surface area contributed by atoms with Crippen molar-refractivity contribution in [2.75, 3.05) is 5.32 Å². The minimum Gasteiger partial charge on any atom is -0.310 e. The second kappa shape index (κ2) is 5.77. The topological polar surface area (TPSA) is 46.9 Å². The molecule has 1 aliphatic heterocycles. The van der Waals surface area contributed by atoms with Crippen molar-refractivity contribution in [2.45, 2.75) is 12.3 Å². The molecule has 126 valence electrons. The van der Waals surface area contributed by atoms with Gasteiger partial charge in [-0.3, -0.25) is 9.36 Å². The van der Waals surface area contributed by atoms with Crippen molar-refractivity contribution in [3.05, 3.63) is 77.5 Å². The summed E-state index contributed by atoms with van der Waals surface area (Å²) in [7, 11) is 0. The van der Waals surface area contributed by atoms with Crippen LogP contribution < -0.4 is 5.32 Å². The van der Waals surface area contributed by atoms with Gasteiger partial charge in [-0.1, -0.05) is 6.07 Å². The maximum atomic E-state index is 14.2. The summed E-state index contributed by atoms with van der Waals surface area (Å²) in [4.78, 5) is 16.4. The number of hydrogen-bond donors (Lipinski definition) is 1. The van der Waals surface area contributed by atoms with Crippen LogP contribution >= 0.6 is 0 Å². The Kier molecular flexibility index (Phi) is 3.56. The molecule has 4 nitrogen and oxygen atoms in total. The van der Waals surface area contributed by atoms with E-state index in [0.29, 0.717) is 17.2 Å². The maximum absolute atomic E-state index is 14.2. The first kappa shape index (κ1) is 15.4. The molecule has 1 aromatic heterocycles. The van der Waals surface area contributed by atoms with Crippen molar-refractivity contribution in [3.8, 4) is 5.69 Å². The van der Waals surface area contributed by atoms with Gasteiger partial charge in [0.1, 0.15) is 29.6 Å². The number of nitrogens with zero attached hydrogens (tertiary/aromatic N) is 2. The summed E-state index contributed by atoms with van der Waals surface area (Å²) in [5.41, 5.74) is 1.30. The van der Waals surface area contributed by atoms with E-state index in [9.17, 15) is 18.0 Å². The van der Waals surface area contributed by atoms with Gasteiger partial charge in [-0.2, -0.15) is 0 Å². The Bertz CT molecular complexity index is 966. The summed E-state index contributed by atoms with van der Waals surface area (Å²) in [5, 5.41) is 2.72. The summed E-state index contributed by atoms with van der Waals surface area (Å²) in [5.74, 6) is -2.30. The molecule has 25 heavy (non-hydrogen) atoms. The van der Waals surface area contributed by atoms with Crippen molar-refractivity contribution in [1.29, 1.82) is 0 Å². The van der Waals surface area contributed by atoms with Gasteiger partial charge in [-0.25, -0.2) is 18.2 Å². The van der Waals surface area contributed by atoms with E-state index in [-0.39, 0.29) is 23.7 Å². The van der Waals surface area contributed by atoms with Crippen LogP contribution in [0.5, 0.6) is 0 Å². The largest absolute Gasteiger partial charge is 0.310 e. The van der Waals surface area contributed by atoms with Gasteiger partial charge >= 0.3 is 0 Å². The number of rotatable bonds is 2. The van der Waals surface area contributed by atoms with Gasteiger partial charge in [0.15, 0.2) is 0 Å². The van der Waals surface area contributed by atoms with Crippen molar-refractivity contribution < 1.29 is 18.0 Å². The first-order valence-corrected chi connectivity index (χ1v) is 7.61. The van der Waals surface area contributed by atoms with Crippen LogP contribution in [0.15, 0.2) is 48.8 Å². The summed E-state index contributed by atoms with van der Waals surface area (Å²) in [6.45, 7) is 0. The second-order valence-corrected chi connectivity index (χ2v) is 5.80. The van der Waals surface area contributed by atoms with E-state index >= 15 is 0 Å². The number of halogens is 3. The van der Waals surface area contributed by atoms with E-state index in [0.717, 1.165) is 12.1 Å². The van der Waals surface area contributed by atoms with Gasteiger partial charge in [0.2, 0.25) is 5.91 Å². The smallest absolute Gasteiger partial charge is 0.226 e. The quantitative estimate of drug-likeness (QED) is 0.770. The number of hydrogen-bond acceptors (Lipinski definition) is 2. The highest BCUT2D eigenvalue weighted by Gasteiger charge is 2.32. The third kappa shape index (κ3) is 2.67. The lowest BCUT2D eigenvalue weighted by Gasteiger charge is -2.23. The molecule has 0 spiro atoms. The van der Waals surface area contributed by atoms with E-state index < -0.39 is 17.6 Å². The molecule has 4 rings (SSSR count). The molecular weight excluding hydrogens is 331 g/mol. The lowest BCUT2D eigenvalue weighted by molar-refractivity contribution is -0.116. The molecule has 0 saturated carbocycles. The van der Waals surface area contributed by atoms with Crippen LogP contribution in [0.3, 0.4) is 0 Å². The molecule has 2 heterocycles. The molecule has 2 aromatic carbocycles. The first-order valence-electron chi connectivity index (χ1n) is 7.61. The number of carbonyl (C=O) groups excluding carboxylic acids is 1. The molecule has 0 radical (unpaired) electrons. The molecule has 3 aromatic rings. The summed E-state index contributed by atoms with van der Waals surface area (Å²) in [6, 6.07) is 8.96. The molecular formula is C18H12F3N3O. The monoisotopic (exact) mass is 343 g/mol. The molecule has 0 fully saturated rings. The molecule has 7 heteroatoms. The Morgan fingerprint density at radius 1 is 1.04 bits per heavy atom. The number of aromatic nitrogens is 2. The van der Waals surface area contributed by atoms with Crippen LogP contribution in [0.2, 0.25) is 0 Å². The number of benzene rings is 2. The lowest BCUT2D eigenvalue weighted by Crippen LogP contribution is -2.25. The highest BCUT2D eigenvalue weighted by molar-refractivity contribution is 5.94. The van der Waals surface area contributed by atoms with Crippen molar-refractivity contribution in [1.82, 2.24) is 9.55 Å². The number of nitrogens with one attached hydrogen (secondary N) is 1. The van der Waals surface area contributed by atoms with Crippen LogP contribution in [-0.2, 0) is 4.79 Å². The predicted octanol–water partition coefficient (Wildman–Crippen LogP) is 3.76. The molecule has 1 atom stereocenters. The van der Waals surface area contributed by atoms with Crippen molar-refractivity contribution >= 4 is 11.7 Å². The molecule has 1 aliphatic rings. The summed E-state index contributed by atoms with van der Waals surface area (Å²) < 4.78 is 42.1. The maximum Gasteiger partial charge on any atom is 0.226 e. The van der Waals surface area contributed by atoms with Crippen molar-refractivity contribution in [3.63, 3.8) is 0 Å². The molecule has 0 aliphatic carbocycles. The SMILES string of the molecule is O=C1C[C@H](c2ccc(F)cc2F)c2ncn(-c3ccc(F)cc3)c2N1. The fourth-order valence-electron chi connectivity index (χ4n) is 3.05. The van der Waals surface area contributed by atoms with E-state index in [1.165, 1.54) is 24.5 Å². The standard InChI is InChI=1S/C18H12F3N3O/c19-10-1-4-12(5-2-10)24-9-22-17-14(8-16(25)23-18(17)24)13-6-3-11(20)7-15(13)21/h1-7,9,14H,8H2,(H,23,25)/t14-/m1/s1. The Morgan fingerprint density at radius 2 is 1.76 bits per heavy atom. The van der Waals surface area contributed by atoms with Crippen LogP contribution in [0.25, 0.3) is 5.69 Å². The Labute approximate surface area is 140 Å². The molecule has 1 N–H and O–H groups in total. The van der Waals surface area contributed by atoms with Crippen molar-refractivity contribution in [2.24, 2.45) is 0 Å². The number of carbonyl (C=O) groups is 1. The van der Waals surface area contributed by atoms with E-state index in [2.05, 4.69) is 10.3 Å². The summed E-state index contributed by atoms with van der Waals surface area (Å²) in [6.07, 6.45) is 1.49. The third-order valence-electron chi connectivity index (χ3n) is 4.22. The number of amides is 1. The fraction of sp³-hybridized carbons (Fsp3) is 0.111. The minimum absolute atomic E-state index is 0.00990. The molecule has 0 saturated heterocycles. The highest BCUT2D eigenvalue weighted by atomic mass is 19.1.